The van der Waals surface area contributed by atoms with E-state index in [4.69, 9.17) is 9.47 Å². The van der Waals surface area contributed by atoms with Gasteiger partial charge in [-0.1, -0.05) is 64.0 Å². The minimum atomic E-state index is -0.296. The highest BCUT2D eigenvalue weighted by molar-refractivity contribution is 5.92. The van der Waals surface area contributed by atoms with Crippen LogP contribution in [0.4, 0.5) is 0 Å². The molecule has 1 aromatic carbocycles. The Morgan fingerprint density at radius 1 is 0.952 bits per heavy atom. The molecular weight excluding hydrogens is 264 g/mol. The molecule has 0 heterocycles. The van der Waals surface area contributed by atoms with Gasteiger partial charge in [-0.3, -0.25) is 0 Å². The van der Waals surface area contributed by atoms with E-state index >= 15 is 0 Å². The molecule has 0 saturated carbocycles. The molecule has 21 heavy (non-hydrogen) atoms. The Morgan fingerprint density at radius 3 is 2.24 bits per heavy atom. The zero-order valence-corrected chi connectivity index (χ0v) is 13.4. The van der Waals surface area contributed by atoms with Crippen LogP contribution < -0.4 is 4.74 Å². The maximum absolute atomic E-state index is 11.9. The monoisotopic (exact) mass is 292 g/mol. The average Bonchev–Trinajstić information content (AvgIpc) is 2.53. The molecule has 0 fully saturated rings. The number of hydrogen-bond donors (Lipinski definition) is 0. The summed E-state index contributed by atoms with van der Waals surface area (Å²) in [6.07, 6.45) is 9.90. The van der Waals surface area contributed by atoms with Crippen LogP contribution in [0, 0.1) is 0 Å². The molecule has 0 amide bonds. The van der Waals surface area contributed by atoms with Crippen LogP contribution in [0.5, 0.6) is 5.75 Å². The zero-order chi connectivity index (χ0) is 15.3. The molecule has 3 heteroatoms. The number of carbonyl (C=O) groups excluding carboxylic acids is 1. The van der Waals surface area contributed by atoms with E-state index in [2.05, 4.69) is 6.92 Å². The number of rotatable bonds is 11. The summed E-state index contributed by atoms with van der Waals surface area (Å²) in [5, 5.41) is 0. The molecule has 3 nitrogen and oxygen atoms in total. The van der Waals surface area contributed by atoms with Crippen LogP contribution in [0.25, 0.3) is 0 Å². The van der Waals surface area contributed by atoms with Crippen molar-refractivity contribution in [1.82, 2.24) is 0 Å². The van der Waals surface area contributed by atoms with Crippen LogP contribution in [0.15, 0.2) is 24.3 Å². The second-order valence-electron chi connectivity index (χ2n) is 5.31. The lowest BCUT2D eigenvalue weighted by Crippen LogP contribution is -2.08. The van der Waals surface area contributed by atoms with Crippen molar-refractivity contribution in [1.29, 1.82) is 0 Å². The Balaban J connectivity index is 2.11. The lowest BCUT2D eigenvalue weighted by Gasteiger charge is -2.08. The summed E-state index contributed by atoms with van der Waals surface area (Å²) in [5.74, 6) is 0.272. The minimum absolute atomic E-state index is 0.296. The van der Waals surface area contributed by atoms with E-state index in [1.54, 1.807) is 19.2 Å². The smallest absolute Gasteiger partial charge is 0.341 e. The van der Waals surface area contributed by atoms with E-state index < -0.39 is 0 Å². The van der Waals surface area contributed by atoms with Crippen LogP contribution >= 0.6 is 0 Å². The highest BCUT2D eigenvalue weighted by Gasteiger charge is 2.12. The van der Waals surface area contributed by atoms with Gasteiger partial charge in [0.15, 0.2) is 0 Å². The second kappa shape index (κ2) is 11.2. The van der Waals surface area contributed by atoms with E-state index in [1.807, 2.05) is 12.1 Å². The molecule has 118 valence electrons. The number of esters is 1. The van der Waals surface area contributed by atoms with Crippen LogP contribution in [-0.2, 0) is 4.74 Å². The van der Waals surface area contributed by atoms with Crippen molar-refractivity contribution in [3.63, 3.8) is 0 Å². The molecule has 0 aromatic heterocycles. The Hall–Kier alpha value is -1.51. The summed E-state index contributed by atoms with van der Waals surface area (Å²) in [6, 6.07) is 7.16. The van der Waals surface area contributed by atoms with Gasteiger partial charge in [-0.25, -0.2) is 4.79 Å². The largest absolute Gasteiger partial charge is 0.496 e. The van der Waals surface area contributed by atoms with Gasteiger partial charge in [0.2, 0.25) is 0 Å². The van der Waals surface area contributed by atoms with Crippen molar-refractivity contribution in [2.75, 3.05) is 13.7 Å². The average molecular weight is 292 g/mol. The Labute approximate surface area is 128 Å². The predicted molar refractivity (Wildman–Crippen MR) is 85.9 cm³/mol. The van der Waals surface area contributed by atoms with Crippen LogP contribution in [0.1, 0.15) is 68.6 Å². The zero-order valence-electron chi connectivity index (χ0n) is 13.4. The van der Waals surface area contributed by atoms with Gasteiger partial charge in [-0.05, 0) is 18.6 Å². The fraction of sp³-hybridized carbons (Fsp3) is 0.611. The third-order valence-electron chi connectivity index (χ3n) is 3.56. The third-order valence-corrected chi connectivity index (χ3v) is 3.56. The molecule has 0 saturated heterocycles. The van der Waals surface area contributed by atoms with E-state index in [9.17, 15) is 4.79 Å². The molecule has 0 radical (unpaired) electrons. The number of methoxy groups -OCH3 is 1. The molecule has 1 rings (SSSR count). The van der Waals surface area contributed by atoms with Crippen molar-refractivity contribution in [2.45, 2.75) is 58.3 Å². The van der Waals surface area contributed by atoms with E-state index in [0.29, 0.717) is 17.9 Å². The van der Waals surface area contributed by atoms with Crippen molar-refractivity contribution >= 4 is 5.97 Å². The summed E-state index contributed by atoms with van der Waals surface area (Å²) in [4.78, 5) is 11.9. The number of para-hydroxylation sites is 1. The Bertz CT molecular complexity index is 401. The van der Waals surface area contributed by atoms with Gasteiger partial charge < -0.3 is 9.47 Å². The van der Waals surface area contributed by atoms with E-state index in [1.165, 1.54) is 38.5 Å². The number of carbonyl (C=O) groups is 1. The first-order valence-electron chi connectivity index (χ1n) is 8.09. The SMILES string of the molecule is CCCCCCCCCCOC(=O)c1ccccc1OC. The van der Waals surface area contributed by atoms with E-state index in [-0.39, 0.29) is 5.97 Å². The van der Waals surface area contributed by atoms with Crippen molar-refractivity contribution in [3.05, 3.63) is 29.8 Å². The molecule has 0 aliphatic heterocycles. The Kier molecular flexibility index (Phi) is 9.34. The molecular formula is C18H28O3. The summed E-state index contributed by atoms with van der Waals surface area (Å²) >= 11 is 0. The first kappa shape index (κ1) is 17.5. The lowest BCUT2D eigenvalue weighted by molar-refractivity contribution is 0.0494. The third kappa shape index (κ3) is 7.16. The Morgan fingerprint density at radius 2 is 1.57 bits per heavy atom. The van der Waals surface area contributed by atoms with Crippen molar-refractivity contribution in [2.24, 2.45) is 0 Å². The molecule has 0 bridgehead atoms. The van der Waals surface area contributed by atoms with Crippen molar-refractivity contribution in [3.8, 4) is 5.75 Å². The maximum Gasteiger partial charge on any atom is 0.341 e. The standard InChI is InChI=1S/C18H28O3/c1-3-4-5-6-7-8-9-12-15-21-18(19)16-13-10-11-14-17(16)20-2/h10-11,13-14H,3-9,12,15H2,1-2H3. The van der Waals surface area contributed by atoms with Gasteiger partial charge in [0.25, 0.3) is 0 Å². The summed E-state index contributed by atoms with van der Waals surface area (Å²) < 4.78 is 10.5. The molecule has 0 N–H and O–H groups in total. The van der Waals surface area contributed by atoms with E-state index in [0.717, 1.165) is 12.8 Å². The summed E-state index contributed by atoms with van der Waals surface area (Å²) in [6.45, 7) is 2.72. The lowest BCUT2D eigenvalue weighted by atomic mass is 10.1. The minimum Gasteiger partial charge on any atom is -0.496 e. The molecule has 0 atom stereocenters. The highest BCUT2D eigenvalue weighted by atomic mass is 16.5. The molecule has 0 unspecified atom stereocenters. The quantitative estimate of drug-likeness (QED) is 0.425. The molecule has 1 aromatic rings. The fourth-order valence-electron chi connectivity index (χ4n) is 2.29. The van der Waals surface area contributed by atoms with Gasteiger partial charge in [0.05, 0.1) is 13.7 Å². The van der Waals surface area contributed by atoms with Crippen molar-refractivity contribution < 1.29 is 14.3 Å². The number of unbranched alkanes of at least 4 members (excludes halogenated alkanes) is 7. The molecule has 0 spiro atoms. The predicted octanol–water partition coefficient (Wildman–Crippen LogP) is 4.99. The fourth-order valence-corrected chi connectivity index (χ4v) is 2.29. The van der Waals surface area contributed by atoms with Gasteiger partial charge in [0, 0.05) is 0 Å². The van der Waals surface area contributed by atoms with Crippen LogP contribution in [0.2, 0.25) is 0 Å². The van der Waals surface area contributed by atoms with Crippen LogP contribution in [-0.4, -0.2) is 19.7 Å². The normalized spacial score (nSPS) is 10.4. The van der Waals surface area contributed by atoms with Gasteiger partial charge in [0.1, 0.15) is 11.3 Å². The first-order chi connectivity index (χ1) is 10.3. The number of benzene rings is 1. The first-order valence-corrected chi connectivity index (χ1v) is 8.09. The van der Waals surface area contributed by atoms with Gasteiger partial charge in [-0.15, -0.1) is 0 Å². The summed E-state index contributed by atoms with van der Waals surface area (Å²) in [7, 11) is 1.56. The number of hydrogen-bond acceptors (Lipinski definition) is 3. The highest BCUT2D eigenvalue weighted by Crippen LogP contribution is 2.18. The summed E-state index contributed by atoms with van der Waals surface area (Å²) in [5.41, 5.74) is 0.500. The number of ether oxygens (including phenoxy) is 2. The second-order valence-corrected chi connectivity index (χ2v) is 5.31. The molecule has 0 aliphatic rings. The van der Waals surface area contributed by atoms with Crippen LogP contribution in [0.3, 0.4) is 0 Å². The van der Waals surface area contributed by atoms with Gasteiger partial charge >= 0.3 is 5.97 Å². The maximum atomic E-state index is 11.9. The topological polar surface area (TPSA) is 35.5 Å². The van der Waals surface area contributed by atoms with Gasteiger partial charge in [-0.2, -0.15) is 0 Å². The molecule has 0 aliphatic carbocycles.